The van der Waals surface area contributed by atoms with Crippen LogP contribution in [0.5, 0.6) is 11.5 Å². The summed E-state index contributed by atoms with van der Waals surface area (Å²) in [5.41, 5.74) is 1.26. The molecule has 0 radical (unpaired) electrons. The van der Waals surface area contributed by atoms with E-state index in [1.54, 1.807) is 24.3 Å². The second kappa shape index (κ2) is 5.10. The number of aromatic nitrogens is 1. The van der Waals surface area contributed by atoms with Crippen LogP contribution in [0.2, 0.25) is 0 Å². The number of nitriles is 1. The minimum atomic E-state index is -0.391. The van der Waals surface area contributed by atoms with Crippen molar-refractivity contribution >= 4 is 11.0 Å². The van der Waals surface area contributed by atoms with Crippen LogP contribution >= 0.6 is 0 Å². The molecule has 0 saturated heterocycles. The van der Waals surface area contributed by atoms with Crippen molar-refractivity contribution in [1.82, 2.24) is 4.98 Å². The smallest absolute Gasteiger partial charge is 0.336 e. The van der Waals surface area contributed by atoms with E-state index in [1.165, 1.54) is 12.3 Å². The molecule has 0 amide bonds. The fourth-order valence-electron chi connectivity index (χ4n) is 2.01. The third-order valence-electron chi connectivity index (χ3n) is 3.01. The molecule has 0 atom stereocenters. The van der Waals surface area contributed by atoms with Gasteiger partial charge in [0.2, 0.25) is 0 Å². The maximum absolute atomic E-state index is 11.4. The molecule has 0 spiro atoms. The van der Waals surface area contributed by atoms with Crippen LogP contribution < -0.4 is 10.4 Å². The van der Waals surface area contributed by atoms with Crippen molar-refractivity contribution in [2.75, 3.05) is 0 Å². The molecule has 2 aromatic heterocycles. The quantitative estimate of drug-likeness (QED) is 0.673. The van der Waals surface area contributed by atoms with Crippen molar-refractivity contribution in [2.45, 2.75) is 6.92 Å². The molecular formula is C16H10N2O3. The van der Waals surface area contributed by atoms with Gasteiger partial charge in [0.15, 0.2) is 0 Å². The van der Waals surface area contributed by atoms with E-state index in [2.05, 4.69) is 4.98 Å². The molecule has 0 aliphatic carbocycles. The number of nitrogens with zero attached hydrogens (tertiary/aromatic N) is 2. The van der Waals surface area contributed by atoms with Crippen molar-refractivity contribution < 1.29 is 9.15 Å². The van der Waals surface area contributed by atoms with Gasteiger partial charge in [0.1, 0.15) is 28.8 Å². The maximum Gasteiger partial charge on any atom is 0.336 e. The summed E-state index contributed by atoms with van der Waals surface area (Å²) in [5.74, 6) is 1.03. The van der Waals surface area contributed by atoms with Gasteiger partial charge in [-0.15, -0.1) is 0 Å². The summed E-state index contributed by atoms with van der Waals surface area (Å²) in [5, 5.41) is 9.55. The standard InChI is InChI=1S/C16H10N2O3/c1-10-6-16(19)21-15-7-12(4-5-14(10)15)20-13-3-2-11(8-17)18-9-13/h2-7,9H,1H3. The molecule has 21 heavy (non-hydrogen) atoms. The average molecular weight is 278 g/mol. The normalized spacial score (nSPS) is 10.3. The minimum Gasteiger partial charge on any atom is -0.456 e. The Morgan fingerprint density at radius 3 is 2.71 bits per heavy atom. The predicted molar refractivity (Wildman–Crippen MR) is 76.2 cm³/mol. The number of fused-ring (bicyclic) bond motifs is 1. The minimum absolute atomic E-state index is 0.322. The second-order valence-electron chi connectivity index (χ2n) is 4.50. The highest BCUT2D eigenvalue weighted by Crippen LogP contribution is 2.26. The SMILES string of the molecule is Cc1cc(=O)oc2cc(Oc3ccc(C#N)nc3)ccc12. The van der Waals surface area contributed by atoms with E-state index in [0.717, 1.165) is 10.9 Å². The summed E-state index contributed by atoms with van der Waals surface area (Å²) < 4.78 is 10.8. The molecule has 5 nitrogen and oxygen atoms in total. The molecule has 0 fully saturated rings. The molecule has 3 rings (SSSR count). The van der Waals surface area contributed by atoms with Crippen molar-refractivity contribution in [2.24, 2.45) is 0 Å². The molecule has 0 unspecified atom stereocenters. The molecule has 0 aliphatic heterocycles. The number of hydrogen-bond donors (Lipinski definition) is 0. The molecule has 2 heterocycles. The Labute approximate surface area is 120 Å². The molecule has 5 heteroatoms. The molecule has 1 aromatic carbocycles. The predicted octanol–water partition coefficient (Wildman–Crippen LogP) is 3.16. The van der Waals surface area contributed by atoms with Crippen molar-refractivity contribution in [1.29, 1.82) is 5.26 Å². The Morgan fingerprint density at radius 2 is 2.00 bits per heavy atom. The molecular weight excluding hydrogens is 268 g/mol. The maximum atomic E-state index is 11.4. The van der Waals surface area contributed by atoms with Gasteiger partial charge in [-0.3, -0.25) is 0 Å². The third kappa shape index (κ3) is 2.60. The van der Waals surface area contributed by atoms with Crippen molar-refractivity contribution in [3.63, 3.8) is 0 Å². The van der Waals surface area contributed by atoms with Gasteiger partial charge < -0.3 is 9.15 Å². The first-order chi connectivity index (χ1) is 10.2. The second-order valence-corrected chi connectivity index (χ2v) is 4.50. The zero-order chi connectivity index (χ0) is 14.8. The van der Waals surface area contributed by atoms with Crippen LogP contribution in [0.15, 0.2) is 51.8 Å². The molecule has 0 bridgehead atoms. The van der Waals surface area contributed by atoms with Gasteiger partial charge in [-0.05, 0) is 36.8 Å². The van der Waals surface area contributed by atoms with Gasteiger partial charge in [-0.1, -0.05) is 0 Å². The summed E-state index contributed by atoms with van der Waals surface area (Å²) in [4.78, 5) is 15.3. The molecule has 0 aliphatic rings. The lowest BCUT2D eigenvalue weighted by Gasteiger charge is -2.06. The first-order valence-corrected chi connectivity index (χ1v) is 6.24. The summed E-state index contributed by atoms with van der Waals surface area (Å²) in [6, 6.07) is 11.9. The van der Waals surface area contributed by atoms with Crippen LogP contribution in [0, 0.1) is 18.3 Å². The van der Waals surface area contributed by atoms with Gasteiger partial charge >= 0.3 is 5.63 Å². The van der Waals surface area contributed by atoms with Crippen LogP contribution in [0.25, 0.3) is 11.0 Å². The van der Waals surface area contributed by atoms with E-state index >= 15 is 0 Å². The van der Waals surface area contributed by atoms with Gasteiger partial charge in [0, 0.05) is 17.5 Å². The number of benzene rings is 1. The van der Waals surface area contributed by atoms with E-state index in [-0.39, 0.29) is 0 Å². The lowest BCUT2D eigenvalue weighted by Crippen LogP contribution is -1.97. The van der Waals surface area contributed by atoms with E-state index < -0.39 is 5.63 Å². The van der Waals surface area contributed by atoms with Crippen molar-refractivity contribution in [3.8, 4) is 17.6 Å². The highest BCUT2D eigenvalue weighted by Gasteiger charge is 2.05. The zero-order valence-electron chi connectivity index (χ0n) is 11.2. The fraction of sp³-hybridized carbons (Fsp3) is 0.0625. The number of ether oxygens (including phenoxy) is 1. The monoisotopic (exact) mass is 278 g/mol. The van der Waals surface area contributed by atoms with Crippen molar-refractivity contribution in [3.05, 3.63) is 64.3 Å². The highest BCUT2D eigenvalue weighted by atomic mass is 16.5. The Hall–Kier alpha value is -3.13. The number of aryl methyl sites for hydroxylation is 1. The molecule has 0 N–H and O–H groups in total. The molecule has 0 saturated carbocycles. The third-order valence-corrected chi connectivity index (χ3v) is 3.01. The summed E-state index contributed by atoms with van der Waals surface area (Å²) in [7, 11) is 0. The average Bonchev–Trinajstić information content (AvgIpc) is 2.47. The molecule has 102 valence electrons. The van der Waals surface area contributed by atoms with E-state index in [0.29, 0.717) is 22.8 Å². The van der Waals surface area contributed by atoms with Crippen LogP contribution in [0.3, 0.4) is 0 Å². The van der Waals surface area contributed by atoms with E-state index in [4.69, 9.17) is 14.4 Å². The van der Waals surface area contributed by atoms with Gasteiger partial charge in [0.25, 0.3) is 0 Å². The number of hydrogen-bond acceptors (Lipinski definition) is 5. The summed E-state index contributed by atoms with van der Waals surface area (Å²) >= 11 is 0. The Morgan fingerprint density at radius 1 is 1.19 bits per heavy atom. The van der Waals surface area contributed by atoms with Crippen LogP contribution in [0.4, 0.5) is 0 Å². The zero-order valence-corrected chi connectivity index (χ0v) is 11.2. The largest absolute Gasteiger partial charge is 0.456 e. The Kier molecular flexibility index (Phi) is 3.13. The Balaban J connectivity index is 1.97. The lowest BCUT2D eigenvalue weighted by atomic mass is 10.1. The number of rotatable bonds is 2. The van der Waals surface area contributed by atoms with Gasteiger partial charge in [0.05, 0.1) is 6.20 Å². The van der Waals surface area contributed by atoms with Crippen LogP contribution in [-0.4, -0.2) is 4.98 Å². The van der Waals surface area contributed by atoms with Gasteiger partial charge in [-0.25, -0.2) is 9.78 Å². The first-order valence-electron chi connectivity index (χ1n) is 6.24. The van der Waals surface area contributed by atoms with Crippen LogP contribution in [0.1, 0.15) is 11.3 Å². The van der Waals surface area contributed by atoms with Crippen LogP contribution in [-0.2, 0) is 0 Å². The fourth-order valence-corrected chi connectivity index (χ4v) is 2.01. The number of pyridine rings is 1. The van der Waals surface area contributed by atoms with E-state index in [9.17, 15) is 4.79 Å². The Bertz CT molecular complexity index is 905. The highest BCUT2D eigenvalue weighted by molar-refractivity contribution is 5.81. The van der Waals surface area contributed by atoms with Gasteiger partial charge in [-0.2, -0.15) is 5.26 Å². The first kappa shape index (κ1) is 12.9. The summed E-state index contributed by atoms with van der Waals surface area (Å²) in [6.45, 7) is 1.85. The molecule has 3 aromatic rings. The topological polar surface area (TPSA) is 76.1 Å². The lowest BCUT2D eigenvalue weighted by molar-refractivity contribution is 0.478. The van der Waals surface area contributed by atoms with E-state index in [1.807, 2.05) is 19.1 Å². The summed E-state index contributed by atoms with van der Waals surface area (Å²) in [6.07, 6.45) is 1.47.